The number of amides is 1. The standard InChI is InChI=1S/C18H22N2O3S.ClH/c1-23-18(22)16(12-15-8-5-9-24-15)20-17(21)11-14(19)10-13-6-3-2-4-7-13;/h2-9,14,16H,10-12,19H2,1H3,(H,20,21);1H/t14-,16?;/m1./s1. The Morgan fingerprint density at radius 2 is 1.88 bits per heavy atom. The molecule has 5 nitrogen and oxygen atoms in total. The summed E-state index contributed by atoms with van der Waals surface area (Å²) in [5.74, 6) is -0.696. The number of hydrogen-bond acceptors (Lipinski definition) is 5. The molecular weight excluding hydrogens is 360 g/mol. The van der Waals surface area contributed by atoms with Crippen LogP contribution in [0.3, 0.4) is 0 Å². The number of halogens is 1. The number of ether oxygens (including phenoxy) is 1. The lowest BCUT2D eigenvalue weighted by Gasteiger charge is -2.17. The van der Waals surface area contributed by atoms with Crippen LogP contribution in [0.1, 0.15) is 16.9 Å². The Balaban J connectivity index is 0.00000312. The average molecular weight is 383 g/mol. The highest BCUT2D eigenvalue weighted by atomic mass is 35.5. The van der Waals surface area contributed by atoms with Gasteiger partial charge in [-0.25, -0.2) is 4.79 Å². The van der Waals surface area contributed by atoms with Gasteiger partial charge < -0.3 is 15.8 Å². The fourth-order valence-electron chi connectivity index (χ4n) is 2.45. The molecule has 2 atom stereocenters. The maximum atomic E-state index is 12.2. The van der Waals surface area contributed by atoms with E-state index in [2.05, 4.69) is 5.32 Å². The van der Waals surface area contributed by atoms with Crippen molar-refractivity contribution in [3.63, 3.8) is 0 Å². The number of hydrogen-bond donors (Lipinski definition) is 2. The van der Waals surface area contributed by atoms with Crippen molar-refractivity contribution in [2.24, 2.45) is 5.73 Å². The molecule has 25 heavy (non-hydrogen) atoms. The van der Waals surface area contributed by atoms with Crippen LogP contribution in [0.15, 0.2) is 47.8 Å². The lowest BCUT2D eigenvalue weighted by molar-refractivity contribution is -0.145. The first-order valence-electron chi connectivity index (χ1n) is 7.77. The fraction of sp³-hybridized carbons (Fsp3) is 0.333. The van der Waals surface area contributed by atoms with Crippen LogP contribution < -0.4 is 11.1 Å². The summed E-state index contributed by atoms with van der Waals surface area (Å²) in [5.41, 5.74) is 7.14. The molecule has 1 amide bonds. The summed E-state index contributed by atoms with van der Waals surface area (Å²) < 4.78 is 4.78. The summed E-state index contributed by atoms with van der Waals surface area (Å²) in [6, 6.07) is 12.6. The van der Waals surface area contributed by atoms with E-state index in [1.54, 1.807) is 0 Å². The molecule has 1 aromatic carbocycles. The Morgan fingerprint density at radius 3 is 2.48 bits per heavy atom. The molecule has 1 unspecified atom stereocenters. The Morgan fingerprint density at radius 1 is 1.16 bits per heavy atom. The molecule has 0 aliphatic rings. The Bertz CT molecular complexity index is 650. The van der Waals surface area contributed by atoms with E-state index in [4.69, 9.17) is 10.5 Å². The van der Waals surface area contributed by atoms with Gasteiger partial charge in [-0.15, -0.1) is 23.7 Å². The van der Waals surface area contributed by atoms with Crippen molar-refractivity contribution < 1.29 is 14.3 Å². The largest absolute Gasteiger partial charge is 0.467 e. The number of carbonyl (C=O) groups excluding carboxylic acids is 2. The molecule has 3 N–H and O–H groups in total. The number of thiophene rings is 1. The van der Waals surface area contributed by atoms with E-state index in [0.29, 0.717) is 12.8 Å². The molecular formula is C18H23ClN2O3S. The molecule has 136 valence electrons. The monoisotopic (exact) mass is 382 g/mol. The first-order chi connectivity index (χ1) is 11.6. The van der Waals surface area contributed by atoms with E-state index in [1.165, 1.54) is 18.4 Å². The second-order valence-electron chi connectivity index (χ2n) is 5.58. The van der Waals surface area contributed by atoms with Crippen LogP contribution in [0.25, 0.3) is 0 Å². The van der Waals surface area contributed by atoms with Crippen molar-refractivity contribution >= 4 is 35.6 Å². The second-order valence-corrected chi connectivity index (χ2v) is 6.61. The maximum absolute atomic E-state index is 12.2. The Labute approximate surface area is 158 Å². The molecule has 0 bridgehead atoms. The molecule has 1 aromatic heterocycles. The van der Waals surface area contributed by atoms with Crippen molar-refractivity contribution in [2.45, 2.75) is 31.3 Å². The quantitative estimate of drug-likeness (QED) is 0.686. The van der Waals surface area contributed by atoms with Crippen molar-refractivity contribution in [3.8, 4) is 0 Å². The molecule has 0 aliphatic heterocycles. The minimum atomic E-state index is -0.690. The van der Waals surface area contributed by atoms with Gasteiger partial charge >= 0.3 is 5.97 Å². The lowest BCUT2D eigenvalue weighted by Crippen LogP contribution is -2.44. The Kier molecular flexibility index (Phi) is 9.20. The Hall–Kier alpha value is -1.89. The summed E-state index contributed by atoms with van der Waals surface area (Å²) in [5, 5.41) is 4.67. The minimum Gasteiger partial charge on any atom is -0.467 e. The fourth-order valence-corrected chi connectivity index (χ4v) is 3.20. The average Bonchev–Trinajstić information content (AvgIpc) is 3.07. The van der Waals surface area contributed by atoms with Crippen LogP contribution in [-0.2, 0) is 27.2 Å². The number of nitrogens with one attached hydrogen (secondary N) is 1. The summed E-state index contributed by atoms with van der Waals surface area (Å²) in [7, 11) is 1.32. The number of carbonyl (C=O) groups is 2. The van der Waals surface area contributed by atoms with Gasteiger partial charge in [0.25, 0.3) is 0 Å². The van der Waals surface area contributed by atoms with Gasteiger partial charge in [0.2, 0.25) is 5.91 Å². The molecule has 7 heteroatoms. The minimum absolute atomic E-state index is 0. The SMILES string of the molecule is COC(=O)C(Cc1cccs1)NC(=O)C[C@H](N)Cc1ccccc1.Cl. The zero-order valence-corrected chi connectivity index (χ0v) is 15.6. The maximum Gasteiger partial charge on any atom is 0.328 e. The van der Waals surface area contributed by atoms with Crippen molar-refractivity contribution in [1.29, 1.82) is 0 Å². The van der Waals surface area contributed by atoms with E-state index >= 15 is 0 Å². The van der Waals surface area contributed by atoms with Gasteiger partial charge in [0.05, 0.1) is 7.11 Å². The normalized spacial score (nSPS) is 12.6. The third kappa shape index (κ3) is 7.25. The zero-order chi connectivity index (χ0) is 17.4. The molecule has 0 saturated carbocycles. The number of rotatable bonds is 8. The second kappa shape index (κ2) is 10.9. The predicted molar refractivity (Wildman–Crippen MR) is 102 cm³/mol. The number of nitrogens with two attached hydrogens (primary N) is 1. The first-order valence-corrected chi connectivity index (χ1v) is 8.65. The molecule has 0 spiro atoms. The molecule has 0 aliphatic carbocycles. The van der Waals surface area contributed by atoms with Gasteiger partial charge in [-0.1, -0.05) is 36.4 Å². The van der Waals surface area contributed by atoms with Gasteiger partial charge in [0.15, 0.2) is 0 Å². The number of benzene rings is 1. The van der Waals surface area contributed by atoms with Crippen LogP contribution in [-0.4, -0.2) is 31.1 Å². The van der Waals surface area contributed by atoms with Gasteiger partial charge in [-0.05, 0) is 23.4 Å². The van der Waals surface area contributed by atoms with E-state index in [1.807, 2.05) is 47.8 Å². The number of methoxy groups -OCH3 is 1. The van der Waals surface area contributed by atoms with Crippen LogP contribution >= 0.6 is 23.7 Å². The molecule has 0 radical (unpaired) electrons. The van der Waals surface area contributed by atoms with E-state index in [0.717, 1.165) is 10.4 Å². The molecule has 1 heterocycles. The lowest BCUT2D eigenvalue weighted by atomic mass is 10.0. The number of esters is 1. The van der Waals surface area contributed by atoms with Crippen molar-refractivity contribution in [1.82, 2.24) is 5.32 Å². The van der Waals surface area contributed by atoms with Crippen LogP contribution in [0.5, 0.6) is 0 Å². The van der Waals surface area contributed by atoms with Gasteiger partial charge in [0.1, 0.15) is 6.04 Å². The van der Waals surface area contributed by atoms with Gasteiger partial charge in [0, 0.05) is 23.8 Å². The van der Waals surface area contributed by atoms with Gasteiger partial charge in [-0.2, -0.15) is 0 Å². The third-order valence-electron chi connectivity index (χ3n) is 3.59. The van der Waals surface area contributed by atoms with Crippen LogP contribution in [0, 0.1) is 0 Å². The summed E-state index contributed by atoms with van der Waals surface area (Å²) in [4.78, 5) is 25.1. The van der Waals surface area contributed by atoms with E-state index in [9.17, 15) is 9.59 Å². The van der Waals surface area contributed by atoms with Crippen molar-refractivity contribution in [3.05, 3.63) is 58.3 Å². The van der Waals surface area contributed by atoms with Gasteiger partial charge in [-0.3, -0.25) is 4.79 Å². The smallest absolute Gasteiger partial charge is 0.328 e. The molecule has 2 aromatic rings. The predicted octanol–water partition coefficient (Wildman–Crippen LogP) is 2.33. The zero-order valence-electron chi connectivity index (χ0n) is 14.0. The highest BCUT2D eigenvalue weighted by Crippen LogP contribution is 2.12. The van der Waals surface area contributed by atoms with Crippen LogP contribution in [0.4, 0.5) is 0 Å². The summed E-state index contributed by atoms with van der Waals surface area (Å²) in [6.45, 7) is 0. The van der Waals surface area contributed by atoms with Crippen LogP contribution in [0.2, 0.25) is 0 Å². The summed E-state index contributed by atoms with van der Waals surface area (Å²) in [6.07, 6.45) is 1.19. The summed E-state index contributed by atoms with van der Waals surface area (Å²) >= 11 is 1.54. The van der Waals surface area contributed by atoms with E-state index < -0.39 is 12.0 Å². The topological polar surface area (TPSA) is 81.4 Å². The third-order valence-corrected chi connectivity index (χ3v) is 4.49. The molecule has 0 saturated heterocycles. The van der Waals surface area contributed by atoms with Crippen molar-refractivity contribution in [2.75, 3.05) is 7.11 Å². The first kappa shape index (κ1) is 21.2. The molecule has 0 fully saturated rings. The molecule has 2 rings (SSSR count). The highest BCUT2D eigenvalue weighted by molar-refractivity contribution is 7.09. The highest BCUT2D eigenvalue weighted by Gasteiger charge is 2.23. The van der Waals surface area contributed by atoms with E-state index in [-0.39, 0.29) is 30.8 Å².